The molecule has 1 unspecified atom stereocenters. The molecule has 1 aromatic heterocycles. The van der Waals surface area contributed by atoms with Gasteiger partial charge in [0.2, 0.25) is 10.0 Å². The van der Waals surface area contributed by atoms with Gasteiger partial charge in [0.05, 0.1) is 8.68 Å². The second-order valence-corrected chi connectivity index (χ2v) is 7.86. The summed E-state index contributed by atoms with van der Waals surface area (Å²) >= 11 is 4.67. The van der Waals surface area contributed by atoms with Gasteiger partial charge in [-0.3, -0.25) is 0 Å². The van der Waals surface area contributed by atoms with Gasteiger partial charge in [0.1, 0.15) is 0 Å². The molecule has 1 atom stereocenters. The smallest absolute Gasteiger partial charge is 0.241 e. The van der Waals surface area contributed by atoms with Crippen molar-refractivity contribution in [1.29, 1.82) is 0 Å². The molecule has 0 saturated carbocycles. The lowest BCUT2D eigenvalue weighted by molar-refractivity contribution is 0.564. The summed E-state index contributed by atoms with van der Waals surface area (Å²) in [6.07, 6.45) is 0.745. The molecule has 0 aliphatic rings. The zero-order valence-corrected chi connectivity index (χ0v) is 12.4. The van der Waals surface area contributed by atoms with E-state index in [1.54, 1.807) is 13.0 Å². The Balaban J connectivity index is 2.82. The average Bonchev–Trinajstić information content (AvgIpc) is 2.55. The van der Waals surface area contributed by atoms with E-state index in [4.69, 9.17) is 5.73 Å². The number of hydrogen-bond donors (Lipinski definition) is 2. The standard InChI is InChI=1S/C9H15BrN2O2S2/c1-3-7(11)5-12-16(13,14)8-4-9(10)15-6(8)2/h4,7,12H,3,5,11H2,1-2H3. The quantitative estimate of drug-likeness (QED) is 0.867. The van der Waals surface area contributed by atoms with Crippen molar-refractivity contribution in [3.63, 3.8) is 0 Å². The van der Waals surface area contributed by atoms with Crippen LogP contribution in [0.25, 0.3) is 0 Å². The highest BCUT2D eigenvalue weighted by Crippen LogP contribution is 2.29. The molecule has 0 radical (unpaired) electrons. The second-order valence-electron chi connectivity index (χ2n) is 3.49. The van der Waals surface area contributed by atoms with E-state index in [1.807, 2.05) is 6.92 Å². The number of halogens is 1. The molecule has 0 aliphatic heterocycles. The minimum absolute atomic E-state index is 0.142. The van der Waals surface area contributed by atoms with E-state index < -0.39 is 10.0 Å². The molecule has 7 heteroatoms. The highest BCUT2D eigenvalue weighted by atomic mass is 79.9. The Bertz CT molecular complexity index is 456. The fraction of sp³-hybridized carbons (Fsp3) is 0.556. The van der Waals surface area contributed by atoms with E-state index in [9.17, 15) is 8.42 Å². The lowest BCUT2D eigenvalue weighted by Gasteiger charge is -2.10. The fourth-order valence-corrected chi connectivity index (χ4v) is 4.64. The Kier molecular flexibility index (Phi) is 4.93. The van der Waals surface area contributed by atoms with Gasteiger partial charge in [-0.25, -0.2) is 13.1 Å². The van der Waals surface area contributed by atoms with Crippen LogP contribution in [0.3, 0.4) is 0 Å². The van der Waals surface area contributed by atoms with Crippen LogP contribution in [0.1, 0.15) is 18.2 Å². The van der Waals surface area contributed by atoms with Crippen molar-refractivity contribution in [2.45, 2.75) is 31.2 Å². The summed E-state index contributed by atoms with van der Waals surface area (Å²) in [5.41, 5.74) is 5.67. The Morgan fingerprint density at radius 2 is 2.25 bits per heavy atom. The normalized spacial score (nSPS) is 14.0. The summed E-state index contributed by atoms with van der Waals surface area (Å²) in [4.78, 5) is 1.09. The Morgan fingerprint density at radius 3 is 2.69 bits per heavy atom. The van der Waals surface area contributed by atoms with E-state index >= 15 is 0 Å². The third-order valence-corrected chi connectivity index (χ3v) is 5.42. The van der Waals surface area contributed by atoms with Gasteiger partial charge >= 0.3 is 0 Å². The van der Waals surface area contributed by atoms with Gasteiger partial charge in [0.15, 0.2) is 0 Å². The largest absolute Gasteiger partial charge is 0.327 e. The third-order valence-electron chi connectivity index (χ3n) is 2.19. The maximum Gasteiger partial charge on any atom is 0.241 e. The van der Waals surface area contributed by atoms with E-state index in [1.165, 1.54) is 11.3 Å². The maximum atomic E-state index is 11.9. The molecule has 0 fully saturated rings. The van der Waals surface area contributed by atoms with Crippen molar-refractivity contribution in [3.8, 4) is 0 Å². The molecule has 0 amide bonds. The SMILES string of the molecule is CCC(N)CNS(=O)(=O)c1cc(Br)sc1C. The molecule has 0 spiro atoms. The van der Waals surface area contributed by atoms with Crippen LogP contribution in [0.2, 0.25) is 0 Å². The minimum Gasteiger partial charge on any atom is -0.327 e. The summed E-state index contributed by atoms with van der Waals surface area (Å²) in [7, 11) is -3.42. The van der Waals surface area contributed by atoms with Crippen LogP contribution >= 0.6 is 27.3 Å². The van der Waals surface area contributed by atoms with Gasteiger partial charge in [0.25, 0.3) is 0 Å². The molecular formula is C9H15BrN2O2S2. The summed E-state index contributed by atoms with van der Waals surface area (Å²) in [6.45, 7) is 3.97. The van der Waals surface area contributed by atoms with Gasteiger partial charge in [-0.1, -0.05) is 6.92 Å². The molecule has 0 bridgehead atoms. The van der Waals surface area contributed by atoms with E-state index in [0.717, 1.165) is 15.1 Å². The van der Waals surface area contributed by atoms with Gasteiger partial charge in [0, 0.05) is 17.5 Å². The van der Waals surface area contributed by atoms with Crippen molar-refractivity contribution in [3.05, 3.63) is 14.7 Å². The summed E-state index contributed by atoms with van der Waals surface area (Å²) in [5.74, 6) is 0. The lowest BCUT2D eigenvalue weighted by atomic mass is 10.2. The zero-order valence-electron chi connectivity index (χ0n) is 9.16. The van der Waals surface area contributed by atoms with Crippen molar-refractivity contribution in [2.75, 3.05) is 6.54 Å². The number of nitrogens with one attached hydrogen (secondary N) is 1. The van der Waals surface area contributed by atoms with Crippen LogP contribution in [0.4, 0.5) is 0 Å². The first-order valence-electron chi connectivity index (χ1n) is 4.88. The first kappa shape index (κ1) is 14.1. The predicted molar refractivity (Wildman–Crippen MR) is 70.2 cm³/mol. The molecule has 1 rings (SSSR count). The highest BCUT2D eigenvalue weighted by Gasteiger charge is 2.19. The number of aryl methyl sites for hydroxylation is 1. The lowest BCUT2D eigenvalue weighted by Crippen LogP contribution is -2.36. The Hall–Kier alpha value is 0.0500. The van der Waals surface area contributed by atoms with Crippen LogP contribution in [0.15, 0.2) is 14.7 Å². The van der Waals surface area contributed by atoms with Crippen molar-refractivity contribution in [1.82, 2.24) is 4.72 Å². The van der Waals surface area contributed by atoms with Crippen LogP contribution in [-0.2, 0) is 10.0 Å². The summed E-state index contributed by atoms with van der Waals surface area (Å²) < 4.78 is 27.1. The Labute approximate surface area is 108 Å². The Morgan fingerprint density at radius 1 is 1.62 bits per heavy atom. The molecule has 16 heavy (non-hydrogen) atoms. The summed E-state index contributed by atoms with van der Waals surface area (Å²) in [5, 5.41) is 0. The number of thiophene rings is 1. The second kappa shape index (κ2) is 5.59. The zero-order chi connectivity index (χ0) is 12.3. The number of sulfonamides is 1. The summed E-state index contributed by atoms with van der Waals surface area (Å²) in [6, 6.07) is 1.47. The maximum absolute atomic E-state index is 11.9. The molecular weight excluding hydrogens is 312 g/mol. The van der Waals surface area contributed by atoms with E-state index in [0.29, 0.717) is 4.90 Å². The van der Waals surface area contributed by atoms with Crippen LogP contribution in [0, 0.1) is 6.92 Å². The molecule has 92 valence electrons. The third kappa shape index (κ3) is 3.53. The van der Waals surface area contributed by atoms with E-state index in [2.05, 4.69) is 20.7 Å². The molecule has 4 nitrogen and oxygen atoms in total. The molecule has 3 N–H and O–H groups in total. The van der Waals surface area contributed by atoms with Crippen LogP contribution in [-0.4, -0.2) is 21.0 Å². The van der Waals surface area contributed by atoms with Gasteiger partial charge in [-0.15, -0.1) is 11.3 Å². The van der Waals surface area contributed by atoms with Crippen molar-refractivity contribution >= 4 is 37.3 Å². The fourth-order valence-electron chi connectivity index (χ4n) is 1.14. The minimum atomic E-state index is -3.42. The van der Waals surface area contributed by atoms with Crippen molar-refractivity contribution in [2.24, 2.45) is 5.73 Å². The molecule has 1 aromatic rings. The predicted octanol–water partition coefficient (Wildman–Crippen LogP) is 1.83. The number of rotatable bonds is 5. The van der Waals surface area contributed by atoms with Crippen LogP contribution < -0.4 is 10.5 Å². The first-order chi connectivity index (χ1) is 7.36. The molecule has 1 heterocycles. The number of nitrogens with two attached hydrogens (primary N) is 1. The van der Waals surface area contributed by atoms with Crippen molar-refractivity contribution < 1.29 is 8.42 Å². The van der Waals surface area contributed by atoms with Crippen LogP contribution in [0.5, 0.6) is 0 Å². The topological polar surface area (TPSA) is 72.2 Å². The highest BCUT2D eigenvalue weighted by molar-refractivity contribution is 9.11. The monoisotopic (exact) mass is 326 g/mol. The van der Waals surface area contributed by atoms with Gasteiger partial charge in [-0.05, 0) is 35.3 Å². The molecule has 0 aliphatic carbocycles. The van der Waals surface area contributed by atoms with E-state index in [-0.39, 0.29) is 12.6 Å². The average molecular weight is 327 g/mol. The van der Waals surface area contributed by atoms with Gasteiger partial charge < -0.3 is 5.73 Å². The first-order valence-corrected chi connectivity index (χ1v) is 7.97. The molecule has 0 aromatic carbocycles. The molecule has 0 saturated heterocycles. The van der Waals surface area contributed by atoms with Gasteiger partial charge in [-0.2, -0.15) is 0 Å². The number of hydrogen-bond acceptors (Lipinski definition) is 4.